The molecular formula is C10H19N2Si+. The van der Waals surface area contributed by atoms with Crippen molar-refractivity contribution in [1.29, 1.82) is 0 Å². The predicted octanol–water partition coefficient (Wildman–Crippen LogP) is 2.88. The van der Waals surface area contributed by atoms with Crippen molar-refractivity contribution in [3.63, 3.8) is 0 Å². The molecule has 0 aliphatic rings. The topological polar surface area (TPSA) is 28.7 Å². The second-order valence-corrected chi connectivity index (χ2v) is 7.81. The first-order valence-electron chi connectivity index (χ1n) is 4.80. The van der Waals surface area contributed by atoms with Crippen molar-refractivity contribution in [2.75, 3.05) is 0 Å². The smallest absolute Gasteiger partial charge is 0.313 e. The van der Waals surface area contributed by atoms with Crippen molar-refractivity contribution < 1.29 is 0 Å². The van der Waals surface area contributed by atoms with E-state index in [9.17, 15) is 0 Å². The van der Waals surface area contributed by atoms with E-state index in [1.54, 1.807) is 6.33 Å². The predicted molar refractivity (Wildman–Crippen MR) is 58.4 cm³/mol. The van der Waals surface area contributed by atoms with Crippen LogP contribution in [0.15, 0.2) is 12.5 Å². The van der Waals surface area contributed by atoms with Gasteiger partial charge in [0, 0.05) is 11.9 Å². The number of hydrogen-bond donors (Lipinski definition) is 1. The highest BCUT2D eigenvalue weighted by Gasteiger charge is 2.35. The fourth-order valence-corrected chi connectivity index (χ4v) is 1.74. The molecular weight excluding hydrogens is 176 g/mol. The summed E-state index contributed by atoms with van der Waals surface area (Å²) in [5.41, 5.74) is 1.26. The average Bonchev–Trinajstić information content (AvgIpc) is 2.52. The number of aryl methyl sites for hydroxylation is 1. The van der Waals surface area contributed by atoms with Crippen LogP contribution in [0.4, 0.5) is 0 Å². The van der Waals surface area contributed by atoms with Crippen molar-refractivity contribution in [2.45, 2.75) is 44.8 Å². The van der Waals surface area contributed by atoms with Gasteiger partial charge in [0.05, 0.1) is 24.5 Å². The largest absolute Gasteiger partial charge is 0.348 e. The molecule has 0 radical (unpaired) electrons. The normalized spacial score (nSPS) is 11.7. The Kier molecular flexibility index (Phi) is 3.31. The maximum absolute atomic E-state index is 4.02. The van der Waals surface area contributed by atoms with Gasteiger partial charge in [-0.05, 0) is 26.7 Å². The number of rotatable bonds is 4. The summed E-state index contributed by atoms with van der Waals surface area (Å²) in [5.74, 6) is 0. The highest BCUT2D eigenvalue weighted by Crippen LogP contribution is 2.33. The van der Waals surface area contributed by atoms with E-state index < -0.39 is 0 Å². The SMILES string of the molecule is C[Si+](C)C(C)(C)CCc1cnc[nH]1. The van der Waals surface area contributed by atoms with Gasteiger partial charge in [0.25, 0.3) is 0 Å². The zero-order valence-electron chi connectivity index (χ0n) is 9.02. The number of H-pyrrole nitrogens is 1. The molecule has 0 aliphatic carbocycles. The Morgan fingerprint density at radius 3 is 2.62 bits per heavy atom. The summed E-state index contributed by atoms with van der Waals surface area (Å²) in [4.78, 5) is 7.17. The van der Waals surface area contributed by atoms with Gasteiger partial charge in [-0.15, -0.1) is 0 Å². The maximum atomic E-state index is 4.02. The maximum Gasteiger partial charge on any atom is 0.313 e. The van der Waals surface area contributed by atoms with Crippen molar-refractivity contribution >= 4 is 8.80 Å². The molecule has 0 aromatic carbocycles. The molecule has 2 nitrogen and oxygen atoms in total. The highest BCUT2D eigenvalue weighted by molar-refractivity contribution is 6.59. The second kappa shape index (κ2) is 4.09. The molecule has 0 aliphatic heterocycles. The summed E-state index contributed by atoms with van der Waals surface area (Å²) in [6, 6.07) is 0. The second-order valence-electron chi connectivity index (χ2n) is 4.46. The zero-order chi connectivity index (χ0) is 9.90. The van der Waals surface area contributed by atoms with Crippen molar-refractivity contribution in [3.05, 3.63) is 18.2 Å². The number of imidazole rings is 1. The van der Waals surface area contributed by atoms with Crippen LogP contribution in [0.1, 0.15) is 26.0 Å². The minimum absolute atomic E-state index is 0.198. The van der Waals surface area contributed by atoms with Crippen molar-refractivity contribution in [2.24, 2.45) is 0 Å². The molecule has 1 heterocycles. The Morgan fingerprint density at radius 2 is 2.15 bits per heavy atom. The van der Waals surface area contributed by atoms with Crippen LogP contribution in [0.3, 0.4) is 0 Å². The standard InChI is InChI=1S/C10H19N2Si/c1-10(2,13(3)4)6-5-9-7-11-8-12-9/h7-8H,5-6H2,1-4H3,(H,11,12)/q+1. The quantitative estimate of drug-likeness (QED) is 0.735. The lowest BCUT2D eigenvalue weighted by molar-refractivity contribution is 0.591. The van der Waals surface area contributed by atoms with E-state index in [0.717, 1.165) is 6.42 Å². The van der Waals surface area contributed by atoms with Crippen LogP contribution in [0.25, 0.3) is 0 Å². The fraction of sp³-hybridized carbons (Fsp3) is 0.700. The molecule has 0 bridgehead atoms. The third kappa shape index (κ3) is 2.99. The Balaban J connectivity index is 2.42. The Bertz CT molecular complexity index is 239. The molecule has 0 unspecified atom stereocenters. The monoisotopic (exact) mass is 195 g/mol. The van der Waals surface area contributed by atoms with Gasteiger partial charge < -0.3 is 4.98 Å². The van der Waals surface area contributed by atoms with E-state index in [1.165, 1.54) is 12.1 Å². The highest BCUT2D eigenvalue weighted by atomic mass is 28.3. The minimum Gasteiger partial charge on any atom is -0.348 e. The molecule has 13 heavy (non-hydrogen) atoms. The number of aromatic amines is 1. The molecule has 1 aromatic heterocycles. The first kappa shape index (κ1) is 10.5. The molecule has 0 atom stereocenters. The van der Waals surface area contributed by atoms with Gasteiger partial charge in [-0.25, -0.2) is 4.98 Å². The molecule has 0 saturated heterocycles. The van der Waals surface area contributed by atoms with E-state index in [0.29, 0.717) is 5.04 Å². The summed E-state index contributed by atoms with van der Waals surface area (Å²) in [7, 11) is -0.198. The Labute approximate surface area is 82.4 Å². The van der Waals surface area contributed by atoms with Crippen LogP contribution < -0.4 is 0 Å². The zero-order valence-corrected chi connectivity index (χ0v) is 10.0. The number of hydrogen-bond acceptors (Lipinski definition) is 1. The Hall–Kier alpha value is -0.573. The lowest BCUT2D eigenvalue weighted by Gasteiger charge is -2.17. The first-order valence-corrected chi connectivity index (χ1v) is 7.30. The van der Waals surface area contributed by atoms with Crippen molar-refractivity contribution in [3.8, 4) is 0 Å². The van der Waals surface area contributed by atoms with Crippen LogP contribution in [0, 0.1) is 0 Å². The summed E-state index contributed by atoms with van der Waals surface area (Å²) >= 11 is 0. The lowest BCUT2D eigenvalue weighted by atomic mass is 10.1. The number of nitrogens with one attached hydrogen (secondary N) is 1. The van der Waals surface area contributed by atoms with Crippen LogP contribution in [0.2, 0.25) is 18.1 Å². The summed E-state index contributed by atoms with van der Waals surface area (Å²) < 4.78 is 0. The van der Waals surface area contributed by atoms with E-state index >= 15 is 0 Å². The van der Waals surface area contributed by atoms with E-state index in [-0.39, 0.29) is 8.80 Å². The molecule has 0 fully saturated rings. The molecule has 3 heteroatoms. The third-order valence-corrected chi connectivity index (χ3v) is 5.88. The molecule has 1 rings (SSSR count). The van der Waals surface area contributed by atoms with Gasteiger partial charge in [0.2, 0.25) is 0 Å². The first-order chi connectivity index (χ1) is 6.02. The van der Waals surface area contributed by atoms with E-state index in [4.69, 9.17) is 0 Å². The molecule has 0 spiro atoms. The molecule has 1 N–H and O–H groups in total. The third-order valence-electron chi connectivity index (χ3n) is 2.93. The Morgan fingerprint density at radius 1 is 1.46 bits per heavy atom. The molecule has 1 aromatic rings. The van der Waals surface area contributed by atoms with Crippen LogP contribution in [-0.4, -0.2) is 18.8 Å². The molecule has 72 valence electrons. The number of aromatic nitrogens is 2. The minimum atomic E-state index is -0.198. The van der Waals surface area contributed by atoms with Gasteiger partial charge in [-0.2, -0.15) is 0 Å². The summed E-state index contributed by atoms with van der Waals surface area (Å²) in [6.45, 7) is 9.52. The summed E-state index contributed by atoms with van der Waals surface area (Å²) in [6.07, 6.45) is 6.07. The lowest BCUT2D eigenvalue weighted by Crippen LogP contribution is -2.21. The van der Waals surface area contributed by atoms with Gasteiger partial charge >= 0.3 is 8.80 Å². The van der Waals surface area contributed by atoms with Crippen LogP contribution in [0.5, 0.6) is 0 Å². The van der Waals surface area contributed by atoms with Crippen molar-refractivity contribution in [1.82, 2.24) is 9.97 Å². The van der Waals surface area contributed by atoms with Gasteiger partial charge in [-0.3, -0.25) is 0 Å². The number of nitrogens with zero attached hydrogens (tertiary/aromatic N) is 1. The van der Waals surface area contributed by atoms with Crippen LogP contribution in [-0.2, 0) is 6.42 Å². The van der Waals surface area contributed by atoms with E-state index in [1.807, 2.05) is 6.20 Å². The fourth-order valence-electron chi connectivity index (χ4n) is 1.12. The van der Waals surface area contributed by atoms with E-state index in [2.05, 4.69) is 36.9 Å². The molecule has 0 amide bonds. The molecule has 0 saturated carbocycles. The summed E-state index contributed by atoms with van der Waals surface area (Å²) in [5, 5.41) is 0.524. The average molecular weight is 195 g/mol. The van der Waals surface area contributed by atoms with Crippen LogP contribution >= 0.6 is 0 Å². The van der Waals surface area contributed by atoms with Gasteiger partial charge in [-0.1, -0.05) is 0 Å². The van der Waals surface area contributed by atoms with Gasteiger partial charge in [0.15, 0.2) is 0 Å². The van der Waals surface area contributed by atoms with Gasteiger partial charge in [0.1, 0.15) is 0 Å².